The van der Waals surface area contributed by atoms with Gasteiger partial charge in [-0.3, -0.25) is 4.90 Å². The Bertz CT molecular complexity index is 876. The predicted molar refractivity (Wildman–Crippen MR) is 109 cm³/mol. The molecule has 29 heavy (non-hydrogen) atoms. The van der Waals surface area contributed by atoms with Crippen LogP contribution >= 0.6 is 0 Å². The first-order valence-electron chi connectivity index (χ1n) is 10.6. The minimum absolute atomic E-state index is 0.156. The number of carbonyl (C=O) groups is 1. The zero-order chi connectivity index (χ0) is 19.8. The molecule has 152 valence electrons. The predicted octanol–water partition coefficient (Wildman–Crippen LogP) is 4.40. The van der Waals surface area contributed by atoms with E-state index in [-0.39, 0.29) is 23.4 Å². The molecule has 2 bridgehead atoms. The number of halogens is 1. The van der Waals surface area contributed by atoms with Gasteiger partial charge in [-0.05, 0) is 74.1 Å². The average Bonchev–Trinajstić information content (AvgIpc) is 2.79. The summed E-state index contributed by atoms with van der Waals surface area (Å²) < 4.78 is 19.4. The number of rotatable bonds is 3. The van der Waals surface area contributed by atoms with Crippen molar-refractivity contribution in [1.82, 2.24) is 9.80 Å². The minimum atomic E-state index is -0.269. The van der Waals surface area contributed by atoms with Crippen molar-refractivity contribution in [3.63, 3.8) is 0 Å². The van der Waals surface area contributed by atoms with Gasteiger partial charge in [0.1, 0.15) is 5.82 Å². The van der Waals surface area contributed by atoms with Crippen molar-refractivity contribution < 1.29 is 13.9 Å². The summed E-state index contributed by atoms with van der Waals surface area (Å²) in [6, 6.07) is 14.5. The van der Waals surface area contributed by atoms with Crippen LogP contribution in [-0.4, -0.2) is 48.7 Å². The lowest BCUT2D eigenvalue weighted by Gasteiger charge is -2.48. The molecule has 0 radical (unpaired) electrons. The van der Waals surface area contributed by atoms with Crippen LogP contribution in [0.2, 0.25) is 0 Å². The van der Waals surface area contributed by atoms with Crippen molar-refractivity contribution in [1.29, 1.82) is 0 Å². The Morgan fingerprint density at radius 1 is 1.00 bits per heavy atom. The highest BCUT2D eigenvalue weighted by atomic mass is 19.1. The van der Waals surface area contributed by atoms with Gasteiger partial charge in [0, 0.05) is 12.0 Å². The van der Waals surface area contributed by atoms with E-state index in [1.807, 2.05) is 17.0 Å². The first-order chi connectivity index (χ1) is 14.1. The van der Waals surface area contributed by atoms with E-state index < -0.39 is 0 Å². The van der Waals surface area contributed by atoms with Crippen LogP contribution < -0.4 is 0 Å². The van der Waals surface area contributed by atoms with Crippen LogP contribution in [0.15, 0.2) is 48.5 Å². The molecule has 4 aliphatic heterocycles. The molecule has 0 N–H and O–H groups in total. The van der Waals surface area contributed by atoms with Crippen LogP contribution in [0.25, 0.3) is 0 Å². The molecule has 3 fully saturated rings. The van der Waals surface area contributed by atoms with Gasteiger partial charge in [-0.2, -0.15) is 0 Å². The van der Waals surface area contributed by atoms with Crippen molar-refractivity contribution in [2.45, 2.75) is 31.7 Å². The fourth-order valence-electron chi connectivity index (χ4n) is 5.18. The summed E-state index contributed by atoms with van der Waals surface area (Å²) in [7, 11) is 0. The van der Waals surface area contributed by atoms with Gasteiger partial charge in [0.05, 0.1) is 12.6 Å². The molecule has 0 aromatic heterocycles. The van der Waals surface area contributed by atoms with Gasteiger partial charge in [0.25, 0.3) is 0 Å². The van der Waals surface area contributed by atoms with Gasteiger partial charge in [-0.25, -0.2) is 9.18 Å². The van der Waals surface area contributed by atoms with Gasteiger partial charge in [-0.1, -0.05) is 36.4 Å². The van der Waals surface area contributed by atoms with Gasteiger partial charge in [-0.15, -0.1) is 0 Å². The van der Waals surface area contributed by atoms with Crippen LogP contribution in [0.4, 0.5) is 9.18 Å². The van der Waals surface area contributed by atoms with Crippen molar-refractivity contribution in [2.75, 3.05) is 32.8 Å². The number of carbonyl (C=O) groups excluding carboxylic acids is 1. The number of amides is 1. The second-order valence-corrected chi connectivity index (χ2v) is 8.74. The largest absolute Gasteiger partial charge is 0.449 e. The summed E-state index contributed by atoms with van der Waals surface area (Å²) in [5, 5.41) is 0. The Labute approximate surface area is 171 Å². The van der Waals surface area contributed by atoms with Gasteiger partial charge in [0.15, 0.2) is 0 Å². The van der Waals surface area contributed by atoms with Crippen LogP contribution in [0.3, 0.4) is 0 Å². The second kappa shape index (κ2) is 7.45. The Morgan fingerprint density at radius 2 is 1.69 bits per heavy atom. The van der Waals surface area contributed by atoms with E-state index in [9.17, 15) is 9.18 Å². The number of hydrogen-bond donors (Lipinski definition) is 0. The summed E-state index contributed by atoms with van der Waals surface area (Å²) >= 11 is 0. The van der Waals surface area contributed by atoms with Gasteiger partial charge < -0.3 is 9.64 Å². The standard InChI is InChI=1S/C24H27FN2O2/c25-20-7-5-19(6-8-20)22-21-4-2-1-3-18(21)9-13-27(22)23(28)29-17-24-10-14-26(15-11-24)16-12-24/h1-8,22H,9-17H2/t22-/m0/s1. The highest BCUT2D eigenvalue weighted by Crippen LogP contribution is 2.41. The lowest BCUT2D eigenvalue weighted by molar-refractivity contribution is -0.0300. The number of piperidine rings is 3. The summed E-state index contributed by atoms with van der Waals surface area (Å²) in [6.07, 6.45) is 3.90. The molecule has 4 nitrogen and oxygen atoms in total. The van der Waals surface area contributed by atoms with Crippen molar-refractivity contribution in [3.05, 3.63) is 71.0 Å². The first kappa shape index (κ1) is 18.6. The molecule has 2 aromatic carbocycles. The van der Waals surface area contributed by atoms with E-state index in [0.717, 1.165) is 56.4 Å². The van der Waals surface area contributed by atoms with Crippen LogP contribution in [-0.2, 0) is 11.2 Å². The fourth-order valence-corrected chi connectivity index (χ4v) is 5.18. The smallest absolute Gasteiger partial charge is 0.410 e. The van der Waals surface area contributed by atoms with E-state index in [1.165, 1.54) is 17.7 Å². The molecule has 0 unspecified atom stereocenters. The summed E-state index contributed by atoms with van der Waals surface area (Å²) in [4.78, 5) is 17.5. The molecule has 4 heterocycles. The maximum absolute atomic E-state index is 13.5. The molecule has 0 saturated carbocycles. The SMILES string of the molecule is O=C(OCC12CCN(CC1)CC2)N1CCc2ccccc2[C@@H]1c1ccc(F)cc1. The summed E-state index contributed by atoms with van der Waals surface area (Å²) in [5.74, 6) is -0.269. The maximum Gasteiger partial charge on any atom is 0.410 e. The number of hydrogen-bond acceptors (Lipinski definition) is 3. The highest BCUT2D eigenvalue weighted by molar-refractivity contribution is 5.70. The number of fused-ring (bicyclic) bond motifs is 4. The molecule has 3 saturated heterocycles. The quantitative estimate of drug-likeness (QED) is 0.774. The van der Waals surface area contributed by atoms with Gasteiger partial charge >= 0.3 is 6.09 Å². The van der Waals surface area contributed by atoms with Crippen LogP contribution in [0, 0.1) is 11.2 Å². The Hall–Kier alpha value is -2.40. The first-order valence-corrected chi connectivity index (χ1v) is 10.6. The van der Waals surface area contributed by atoms with Crippen molar-refractivity contribution in [3.8, 4) is 0 Å². The lowest BCUT2D eigenvalue weighted by Crippen LogP contribution is -2.51. The number of nitrogens with zero attached hydrogens (tertiary/aromatic N) is 2. The molecule has 1 atom stereocenters. The highest BCUT2D eigenvalue weighted by Gasteiger charge is 2.41. The third-order valence-corrected chi connectivity index (χ3v) is 7.08. The van der Waals surface area contributed by atoms with Crippen molar-refractivity contribution >= 4 is 6.09 Å². The maximum atomic E-state index is 13.5. The Balaban J connectivity index is 1.38. The topological polar surface area (TPSA) is 32.8 Å². The Kier molecular flexibility index (Phi) is 4.78. The molecule has 5 heteroatoms. The van der Waals surface area contributed by atoms with Crippen molar-refractivity contribution in [2.24, 2.45) is 5.41 Å². The Morgan fingerprint density at radius 3 is 2.41 bits per heavy atom. The average molecular weight is 394 g/mol. The molecule has 0 aliphatic carbocycles. The molecule has 2 aromatic rings. The molecule has 4 aliphatic rings. The number of benzene rings is 2. The number of ether oxygens (including phenoxy) is 1. The van der Waals surface area contributed by atoms with E-state index in [2.05, 4.69) is 17.0 Å². The molecule has 6 rings (SSSR count). The van der Waals surface area contributed by atoms with Crippen LogP contribution in [0.1, 0.15) is 42.0 Å². The molecular weight excluding hydrogens is 367 g/mol. The zero-order valence-corrected chi connectivity index (χ0v) is 16.6. The fraction of sp³-hybridized carbons (Fsp3) is 0.458. The van der Waals surface area contributed by atoms with E-state index in [0.29, 0.717) is 13.2 Å². The van der Waals surface area contributed by atoms with Gasteiger partial charge in [0.2, 0.25) is 0 Å². The zero-order valence-electron chi connectivity index (χ0n) is 16.6. The van der Waals surface area contributed by atoms with E-state index in [4.69, 9.17) is 4.74 Å². The van der Waals surface area contributed by atoms with E-state index >= 15 is 0 Å². The minimum Gasteiger partial charge on any atom is -0.449 e. The third-order valence-electron chi connectivity index (χ3n) is 7.08. The van der Waals surface area contributed by atoms with Crippen LogP contribution in [0.5, 0.6) is 0 Å². The monoisotopic (exact) mass is 394 g/mol. The molecule has 0 spiro atoms. The third kappa shape index (κ3) is 3.52. The van der Waals surface area contributed by atoms with E-state index in [1.54, 1.807) is 12.1 Å². The summed E-state index contributed by atoms with van der Waals surface area (Å²) in [5.41, 5.74) is 3.42. The molecule has 1 amide bonds. The second-order valence-electron chi connectivity index (χ2n) is 8.74. The summed E-state index contributed by atoms with van der Waals surface area (Å²) in [6.45, 7) is 4.47. The lowest BCUT2D eigenvalue weighted by atomic mass is 9.73. The normalized spacial score (nSPS) is 28.1. The molecular formula is C24H27FN2O2.